The number of esters is 2. The molecule has 1 unspecified atom stereocenters. The Morgan fingerprint density at radius 1 is 1.00 bits per heavy atom. The van der Waals surface area contributed by atoms with Crippen molar-refractivity contribution in [3.8, 4) is 0 Å². The molecule has 142 valence electrons. The average Bonchev–Trinajstić information content (AvgIpc) is 3.31. The molecule has 0 bridgehead atoms. The average molecular weight is 373 g/mol. The molecule has 1 aliphatic rings. The van der Waals surface area contributed by atoms with Crippen LogP contribution >= 0.6 is 0 Å². The van der Waals surface area contributed by atoms with Gasteiger partial charge < -0.3 is 14.8 Å². The third kappa shape index (κ3) is 4.33. The fourth-order valence-corrected chi connectivity index (χ4v) is 2.70. The van der Waals surface area contributed by atoms with Crippen molar-refractivity contribution in [1.29, 1.82) is 0 Å². The number of nitrogens with one attached hydrogen (secondary N) is 1. The summed E-state index contributed by atoms with van der Waals surface area (Å²) in [6.07, 6.45) is -4.55. The molecular formula is C17H18F3NO5. The Hall–Kier alpha value is -2.58. The van der Waals surface area contributed by atoms with Gasteiger partial charge in [0.25, 0.3) is 0 Å². The number of carbonyl (C=O) groups excluding carboxylic acids is 3. The Morgan fingerprint density at radius 3 is 2.00 bits per heavy atom. The van der Waals surface area contributed by atoms with Crippen LogP contribution in [0, 0.1) is 17.8 Å². The number of anilines is 1. The van der Waals surface area contributed by atoms with Gasteiger partial charge in [-0.2, -0.15) is 13.2 Å². The van der Waals surface area contributed by atoms with Crippen molar-refractivity contribution in [3.63, 3.8) is 0 Å². The van der Waals surface area contributed by atoms with Gasteiger partial charge in [-0.05, 0) is 32.0 Å². The quantitative estimate of drug-likeness (QED) is 0.776. The van der Waals surface area contributed by atoms with Crippen LogP contribution in [0.5, 0.6) is 0 Å². The summed E-state index contributed by atoms with van der Waals surface area (Å²) in [7, 11) is 0. The first-order valence-electron chi connectivity index (χ1n) is 8.02. The van der Waals surface area contributed by atoms with Gasteiger partial charge in [0.2, 0.25) is 5.91 Å². The molecule has 1 aromatic carbocycles. The van der Waals surface area contributed by atoms with E-state index in [1.54, 1.807) is 13.8 Å². The summed E-state index contributed by atoms with van der Waals surface area (Å²) in [5, 5.41) is 2.32. The summed E-state index contributed by atoms with van der Waals surface area (Å²) >= 11 is 0. The molecule has 26 heavy (non-hydrogen) atoms. The number of alkyl halides is 3. The molecule has 0 saturated heterocycles. The lowest BCUT2D eigenvalue weighted by atomic mass is 10.2. The van der Waals surface area contributed by atoms with Gasteiger partial charge in [0, 0.05) is 5.69 Å². The first-order valence-corrected chi connectivity index (χ1v) is 8.02. The zero-order chi connectivity index (χ0) is 19.5. The second kappa shape index (κ2) is 7.76. The number of benzene rings is 1. The standard InChI is InChI=1S/C17H18F3NO5/c1-3-25-15(23)12-11(13(12)16(24)26-4-2)14(22)21-10-7-5-6-9(8-10)17(18,19)20/h5-8,11-13H,3-4H2,1-2H3,(H,21,22)/t11?,12-,13+. The molecule has 0 heterocycles. The molecule has 1 saturated carbocycles. The SMILES string of the molecule is CCOC(=O)[C@@H]1C(C(=O)Nc2cccc(C(F)(F)F)c2)[C@@H]1C(=O)OCC. The van der Waals surface area contributed by atoms with E-state index in [9.17, 15) is 27.6 Å². The predicted molar refractivity (Wildman–Crippen MR) is 83.8 cm³/mol. The highest BCUT2D eigenvalue weighted by Crippen LogP contribution is 2.48. The molecular weight excluding hydrogens is 355 g/mol. The number of amides is 1. The highest BCUT2D eigenvalue weighted by Gasteiger charge is 2.64. The monoisotopic (exact) mass is 373 g/mol. The van der Waals surface area contributed by atoms with E-state index < -0.39 is 47.3 Å². The fraction of sp³-hybridized carbons (Fsp3) is 0.471. The maximum absolute atomic E-state index is 12.7. The maximum atomic E-state index is 12.7. The largest absolute Gasteiger partial charge is 0.466 e. The smallest absolute Gasteiger partial charge is 0.416 e. The predicted octanol–water partition coefficient (Wildman–Crippen LogP) is 2.63. The molecule has 0 aromatic heterocycles. The van der Waals surface area contributed by atoms with Gasteiger partial charge in [0.05, 0.1) is 36.5 Å². The molecule has 1 aromatic rings. The highest BCUT2D eigenvalue weighted by molar-refractivity contribution is 6.04. The number of hydrogen-bond donors (Lipinski definition) is 1. The Kier molecular flexibility index (Phi) is 5.89. The summed E-state index contributed by atoms with van der Waals surface area (Å²) < 4.78 is 47.9. The zero-order valence-corrected chi connectivity index (χ0v) is 14.1. The van der Waals surface area contributed by atoms with Crippen LogP contribution in [0.2, 0.25) is 0 Å². The van der Waals surface area contributed by atoms with E-state index in [0.29, 0.717) is 0 Å². The van der Waals surface area contributed by atoms with Crippen molar-refractivity contribution in [2.24, 2.45) is 17.8 Å². The molecule has 9 heteroatoms. The van der Waals surface area contributed by atoms with Gasteiger partial charge in [-0.1, -0.05) is 6.07 Å². The second-order valence-corrected chi connectivity index (χ2v) is 5.65. The van der Waals surface area contributed by atoms with Crippen molar-refractivity contribution in [3.05, 3.63) is 29.8 Å². The number of rotatable bonds is 6. The van der Waals surface area contributed by atoms with E-state index in [2.05, 4.69) is 5.32 Å². The molecule has 1 aliphatic carbocycles. The van der Waals surface area contributed by atoms with Crippen molar-refractivity contribution in [1.82, 2.24) is 0 Å². The van der Waals surface area contributed by atoms with Crippen LogP contribution < -0.4 is 5.32 Å². The van der Waals surface area contributed by atoms with E-state index >= 15 is 0 Å². The summed E-state index contributed by atoms with van der Waals surface area (Å²) in [6, 6.07) is 4.08. The van der Waals surface area contributed by atoms with E-state index in [1.807, 2.05) is 0 Å². The normalized spacial score (nSPS) is 21.7. The number of carbonyl (C=O) groups is 3. The number of ether oxygens (including phenoxy) is 2. The summed E-state index contributed by atoms with van der Waals surface area (Å²) in [5.74, 6) is -5.20. The lowest BCUT2D eigenvalue weighted by molar-refractivity contribution is -0.150. The maximum Gasteiger partial charge on any atom is 0.416 e. The van der Waals surface area contributed by atoms with Crippen LogP contribution in [0.25, 0.3) is 0 Å². The molecule has 1 amide bonds. The first-order chi connectivity index (χ1) is 12.2. The highest BCUT2D eigenvalue weighted by atomic mass is 19.4. The molecule has 1 N–H and O–H groups in total. The van der Waals surface area contributed by atoms with E-state index in [1.165, 1.54) is 6.07 Å². The van der Waals surface area contributed by atoms with Gasteiger partial charge in [0.15, 0.2) is 0 Å². The van der Waals surface area contributed by atoms with Crippen LogP contribution in [-0.4, -0.2) is 31.1 Å². The molecule has 3 atom stereocenters. The lowest BCUT2D eigenvalue weighted by Crippen LogP contribution is -2.19. The van der Waals surface area contributed by atoms with Crippen molar-refractivity contribution in [2.75, 3.05) is 18.5 Å². The summed E-state index contributed by atoms with van der Waals surface area (Å²) in [4.78, 5) is 36.2. The Balaban J connectivity index is 2.14. The van der Waals surface area contributed by atoms with Crippen LogP contribution in [0.3, 0.4) is 0 Å². The molecule has 6 nitrogen and oxygen atoms in total. The minimum atomic E-state index is -4.55. The first kappa shape index (κ1) is 19.7. The summed E-state index contributed by atoms with van der Waals surface area (Å²) in [5.41, 5.74) is -1.00. The third-order valence-electron chi connectivity index (χ3n) is 3.90. The molecule has 1 fully saturated rings. The van der Waals surface area contributed by atoms with Crippen molar-refractivity contribution < 1.29 is 37.0 Å². The van der Waals surface area contributed by atoms with Crippen LogP contribution in [0.4, 0.5) is 18.9 Å². The summed E-state index contributed by atoms with van der Waals surface area (Å²) in [6.45, 7) is 3.31. The third-order valence-corrected chi connectivity index (χ3v) is 3.90. The Labute approximate surface area is 147 Å². The number of halogens is 3. The molecule has 0 aliphatic heterocycles. The van der Waals surface area contributed by atoms with Gasteiger partial charge in [-0.3, -0.25) is 14.4 Å². The number of hydrogen-bond acceptors (Lipinski definition) is 5. The minimum absolute atomic E-state index is 0.0762. The minimum Gasteiger partial charge on any atom is -0.466 e. The lowest BCUT2D eigenvalue weighted by Gasteiger charge is -2.10. The molecule has 2 rings (SSSR count). The fourth-order valence-electron chi connectivity index (χ4n) is 2.70. The van der Waals surface area contributed by atoms with Crippen molar-refractivity contribution >= 4 is 23.5 Å². The second-order valence-electron chi connectivity index (χ2n) is 5.65. The van der Waals surface area contributed by atoms with Gasteiger partial charge in [-0.15, -0.1) is 0 Å². The molecule has 0 radical (unpaired) electrons. The topological polar surface area (TPSA) is 81.7 Å². The zero-order valence-electron chi connectivity index (χ0n) is 14.1. The van der Waals surface area contributed by atoms with Crippen LogP contribution in [0.15, 0.2) is 24.3 Å². The van der Waals surface area contributed by atoms with Crippen molar-refractivity contribution in [2.45, 2.75) is 20.0 Å². The molecule has 0 spiro atoms. The van der Waals surface area contributed by atoms with Crippen LogP contribution in [-0.2, 0) is 30.0 Å². The van der Waals surface area contributed by atoms with Gasteiger partial charge in [0.1, 0.15) is 0 Å². The van der Waals surface area contributed by atoms with E-state index in [0.717, 1.165) is 18.2 Å². The van der Waals surface area contributed by atoms with Crippen LogP contribution in [0.1, 0.15) is 19.4 Å². The van der Waals surface area contributed by atoms with E-state index in [-0.39, 0.29) is 18.9 Å². The Bertz CT molecular complexity index is 680. The van der Waals surface area contributed by atoms with E-state index in [4.69, 9.17) is 9.47 Å². The van der Waals surface area contributed by atoms with Gasteiger partial charge >= 0.3 is 18.1 Å². The van der Waals surface area contributed by atoms with Gasteiger partial charge in [-0.25, -0.2) is 0 Å². The Morgan fingerprint density at radius 2 is 1.54 bits per heavy atom.